The van der Waals surface area contributed by atoms with E-state index in [0.29, 0.717) is 11.4 Å². The number of nitrogens with zero attached hydrogens (tertiary/aromatic N) is 6. The molecule has 3 heterocycles. The third-order valence-electron chi connectivity index (χ3n) is 4.38. The first-order valence-corrected chi connectivity index (χ1v) is 9.21. The van der Waals surface area contributed by atoms with Crippen LogP contribution in [0.25, 0.3) is 15.5 Å². The average molecular weight is 377 g/mol. The van der Waals surface area contributed by atoms with E-state index in [2.05, 4.69) is 27.2 Å². The Morgan fingerprint density at radius 3 is 2.80 bits per heavy atom. The molecule has 0 bridgehead atoms. The van der Waals surface area contributed by atoms with E-state index in [1.807, 2.05) is 23.1 Å². The predicted octanol–water partition coefficient (Wildman–Crippen LogP) is 1.82. The van der Waals surface area contributed by atoms with Gasteiger partial charge in [-0.15, -0.1) is 10.2 Å². The summed E-state index contributed by atoms with van der Waals surface area (Å²) in [6, 6.07) is 5.72. The van der Waals surface area contributed by atoms with Crippen molar-refractivity contribution in [2.24, 2.45) is 0 Å². The molecule has 1 saturated heterocycles. The van der Waals surface area contributed by atoms with E-state index in [4.69, 9.17) is 11.6 Å². The fourth-order valence-corrected chi connectivity index (χ4v) is 3.89. The largest absolute Gasteiger partial charge is 0.340 e. The average Bonchev–Trinajstić information content (AvgIpc) is 3.19. The number of halogens is 1. The van der Waals surface area contributed by atoms with Crippen molar-refractivity contribution < 1.29 is 4.79 Å². The van der Waals surface area contributed by atoms with Crippen LogP contribution in [0.4, 0.5) is 0 Å². The van der Waals surface area contributed by atoms with Crippen molar-refractivity contribution >= 4 is 33.8 Å². The summed E-state index contributed by atoms with van der Waals surface area (Å²) in [6.45, 7) is 3.38. The van der Waals surface area contributed by atoms with Gasteiger partial charge in [-0.1, -0.05) is 35.1 Å². The van der Waals surface area contributed by atoms with Gasteiger partial charge in [0.1, 0.15) is 11.3 Å². The molecule has 0 radical (unpaired) electrons. The van der Waals surface area contributed by atoms with E-state index in [9.17, 15) is 4.79 Å². The number of hydrogen-bond acceptors (Lipinski definition) is 6. The van der Waals surface area contributed by atoms with Crippen LogP contribution in [0.2, 0.25) is 5.02 Å². The lowest BCUT2D eigenvalue weighted by atomic mass is 10.1. The normalized spacial score (nSPS) is 15.8. The molecular weight excluding hydrogens is 360 g/mol. The van der Waals surface area contributed by atoms with Gasteiger partial charge in [-0.3, -0.25) is 4.79 Å². The summed E-state index contributed by atoms with van der Waals surface area (Å²) >= 11 is 7.87. The Morgan fingerprint density at radius 2 is 2.08 bits per heavy atom. The SMILES string of the molecule is CN1CCN(C(=O)Cc2ccc(-c3nn4cnnc4s3)cc2Cl)CC1. The summed E-state index contributed by atoms with van der Waals surface area (Å²) in [4.78, 5) is 17.4. The van der Waals surface area contributed by atoms with Crippen molar-refractivity contribution in [2.45, 2.75) is 6.42 Å². The zero-order valence-corrected chi connectivity index (χ0v) is 15.3. The highest BCUT2D eigenvalue weighted by Gasteiger charge is 2.20. The van der Waals surface area contributed by atoms with Crippen LogP contribution in [0, 0.1) is 0 Å². The molecule has 4 rings (SSSR count). The summed E-state index contributed by atoms with van der Waals surface area (Å²) < 4.78 is 1.64. The highest BCUT2D eigenvalue weighted by Crippen LogP contribution is 2.29. The second-order valence-corrected chi connectivity index (χ2v) is 7.50. The summed E-state index contributed by atoms with van der Waals surface area (Å²) in [5, 5.41) is 13.6. The Hall–Kier alpha value is -2.03. The van der Waals surface area contributed by atoms with Gasteiger partial charge in [-0.2, -0.15) is 9.61 Å². The monoisotopic (exact) mass is 376 g/mol. The lowest BCUT2D eigenvalue weighted by molar-refractivity contribution is -0.132. The Kier molecular flexibility index (Phi) is 4.41. The second kappa shape index (κ2) is 6.70. The van der Waals surface area contributed by atoms with Crippen molar-refractivity contribution in [1.82, 2.24) is 29.6 Å². The van der Waals surface area contributed by atoms with Crippen molar-refractivity contribution in [3.63, 3.8) is 0 Å². The van der Waals surface area contributed by atoms with Crippen LogP contribution in [0.5, 0.6) is 0 Å². The lowest BCUT2D eigenvalue weighted by Crippen LogP contribution is -2.47. The maximum atomic E-state index is 12.5. The molecule has 0 aliphatic carbocycles. The molecule has 130 valence electrons. The van der Waals surface area contributed by atoms with Crippen LogP contribution >= 0.6 is 22.9 Å². The van der Waals surface area contributed by atoms with Gasteiger partial charge < -0.3 is 9.80 Å². The Bertz CT molecular complexity index is 886. The van der Waals surface area contributed by atoms with Gasteiger partial charge in [0, 0.05) is 36.8 Å². The van der Waals surface area contributed by atoms with Crippen molar-refractivity contribution in [3.05, 3.63) is 35.1 Å². The van der Waals surface area contributed by atoms with E-state index >= 15 is 0 Å². The Morgan fingerprint density at radius 1 is 1.28 bits per heavy atom. The summed E-state index contributed by atoms with van der Waals surface area (Å²) in [5.41, 5.74) is 1.76. The molecule has 25 heavy (non-hydrogen) atoms. The summed E-state index contributed by atoms with van der Waals surface area (Å²) in [7, 11) is 2.07. The van der Waals surface area contributed by atoms with Crippen LogP contribution in [-0.4, -0.2) is 68.7 Å². The number of hydrogen-bond donors (Lipinski definition) is 0. The smallest absolute Gasteiger partial charge is 0.234 e. The topological polar surface area (TPSA) is 66.6 Å². The molecule has 1 aliphatic rings. The molecule has 1 amide bonds. The van der Waals surface area contributed by atoms with Crippen LogP contribution in [-0.2, 0) is 11.2 Å². The third kappa shape index (κ3) is 3.37. The quantitative estimate of drug-likeness (QED) is 0.697. The zero-order chi connectivity index (χ0) is 17.4. The fourth-order valence-electron chi connectivity index (χ4n) is 2.83. The number of likely N-dealkylation sites (N-methyl/N-ethyl adjacent to an activating group) is 1. The molecule has 0 N–H and O–H groups in total. The minimum Gasteiger partial charge on any atom is -0.340 e. The van der Waals surface area contributed by atoms with E-state index in [1.165, 1.54) is 11.3 Å². The summed E-state index contributed by atoms with van der Waals surface area (Å²) in [6.07, 6.45) is 1.90. The molecule has 7 nitrogen and oxygen atoms in total. The number of benzene rings is 1. The molecule has 2 aromatic heterocycles. The maximum absolute atomic E-state index is 12.5. The van der Waals surface area contributed by atoms with Crippen molar-refractivity contribution in [3.8, 4) is 10.6 Å². The van der Waals surface area contributed by atoms with Gasteiger partial charge in [0.05, 0.1) is 6.42 Å². The molecule has 9 heteroatoms. The number of rotatable bonds is 3. The van der Waals surface area contributed by atoms with E-state index in [0.717, 1.165) is 47.3 Å². The molecule has 0 unspecified atom stereocenters. The molecule has 0 atom stereocenters. The number of amides is 1. The third-order valence-corrected chi connectivity index (χ3v) is 5.70. The first kappa shape index (κ1) is 16.4. The number of piperazine rings is 1. The minimum absolute atomic E-state index is 0.126. The molecule has 1 aromatic carbocycles. The van der Waals surface area contributed by atoms with Crippen LogP contribution < -0.4 is 0 Å². The van der Waals surface area contributed by atoms with Gasteiger partial charge in [0.2, 0.25) is 10.9 Å². The summed E-state index contributed by atoms with van der Waals surface area (Å²) in [5.74, 6) is 0.126. The van der Waals surface area contributed by atoms with Crippen LogP contribution in [0.15, 0.2) is 24.5 Å². The minimum atomic E-state index is 0.126. The molecule has 0 saturated carbocycles. The highest BCUT2D eigenvalue weighted by molar-refractivity contribution is 7.19. The van der Waals surface area contributed by atoms with E-state index < -0.39 is 0 Å². The van der Waals surface area contributed by atoms with Gasteiger partial charge >= 0.3 is 0 Å². The zero-order valence-electron chi connectivity index (χ0n) is 13.7. The van der Waals surface area contributed by atoms with E-state index in [1.54, 1.807) is 10.8 Å². The Balaban J connectivity index is 1.49. The van der Waals surface area contributed by atoms with Crippen LogP contribution in [0.3, 0.4) is 0 Å². The number of fused-ring (bicyclic) bond motifs is 1. The number of carbonyl (C=O) groups excluding carboxylic acids is 1. The number of carbonyl (C=O) groups is 1. The van der Waals surface area contributed by atoms with Gasteiger partial charge in [0.15, 0.2) is 0 Å². The van der Waals surface area contributed by atoms with Gasteiger partial charge in [-0.25, -0.2) is 0 Å². The first-order valence-electron chi connectivity index (χ1n) is 8.02. The molecule has 1 aliphatic heterocycles. The van der Waals surface area contributed by atoms with Crippen molar-refractivity contribution in [2.75, 3.05) is 33.2 Å². The van der Waals surface area contributed by atoms with E-state index in [-0.39, 0.29) is 5.91 Å². The van der Waals surface area contributed by atoms with Crippen LogP contribution in [0.1, 0.15) is 5.56 Å². The predicted molar refractivity (Wildman–Crippen MR) is 96.9 cm³/mol. The molecule has 3 aromatic rings. The highest BCUT2D eigenvalue weighted by atomic mass is 35.5. The maximum Gasteiger partial charge on any atom is 0.234 e. The first-order chi connectivity index (χ1) is 12.1. The Labute approximate surface area is 153 Å². The van der Waals surface area contributed by atoms with Crippen molar-refractivity contribution in [1.29, 1.82) is 0 Å². The van der Waals surface area contributed by atoms with Gasteiger partial charge in [-0.05, 0) is 18.7 Å². The molecular formula is C16H17ClN6OS. The number of aromatic nitrogens is 4. The fraction of sp³-hybridized carbons (Fsp3) is 0.375. The van der Waals surface area contributed by atoms with Gasteiger partial charge in [0.25, 0.3) is 0 Å². The second-order valence-electron chi connectivity index (χ2n) is 6.13. The standard InChI is InChI=1S/C16H17ClN6OS/c1-21-4-6-22(7-5-21)14(24)9-11-2-3-12(8-13(11)17)15-20-23-10-18-19-16(23)25-15/h2-3,8,10H,4-7,9H2,1H3. The molecule has 0 spiro atoms. The lowest BCUT2D eigenvalue weighted by Gasteiger charge is -2.32. The molecule has 1 fully saturated rings.